The molecule has 5 nitrogen and oxygen atoms in total. The molecule has 0 aliphatic heterocycles. The van der Waals surface area contributed by atoms with Crippen molar-refractivity contribution >= 4 is 13.5 Å². The summed E-state index contributed by atoms with van der Waals surface area (Å²) in [6, 6.07) is 0. The van der Waals surface area contributed by atoms with Crippen molar-refractivity contribution in [3.8, 4) is 0 Å². The van der Waals surface area contributed by atoms with Gasteiger partial charge in [-0.2, -0.15) is 0 Å². The molecular formula is C37H76NO4P. The van der Waals surface area contributed by atoms with Crippen molar-refractivity contribution in [2.24, 2.45) is 0 Å². The van der Waals surface area contributed by atoms with Crippen molar-refractivity contribution in [1.29, 1.82) is 0 Å². The van der Waals surface area contributed by atoms with Gasteiger partial charge in [-0.15, -0.1) is 0 Å². The summed E-state index contributed by atoms with van der Waals surface area (Å²) in [6.45, 7) is 4.57. The molecule has 258 valence electrons. The van der Waals surface area contributed by atoms with Crippen LogP contribution < -0.4 is 5.32 Å². The van der Waals surface area contributed by atoms with Crippen molar-refractivity contribution in [3.63, 3.8) is 0 Å². The molecule has 0 bridgehead atoms. The summed E-state index contributed by atoms with van der Waals surface area (Å²) in [6.07, 6.45) is 42.2. The molecular weight excluding hydrogens is 553 g/mol. The van der Waals surface area contributed by atoms with Crippen LogP contribution in [-0.4, -0.2) is 30.6 Å². The van der Waals surface area contributed by atoms with Crippen molar-refractivity contribution in [2.75, 3.05) is 19.8 Å². The highest BCUT2D eigenvalue weighted by molar-refractivity contribution is 7.51. The SMILES string of the molecule is CCCCCCCCCCCCCCCCCCCCCCCCCCCCCC(=O)NCCCCCCOP(C)(=O)O. The van der Waals surface area contributed by atoms with E-state index in [0.29, 0.717) is 13.0 Å². The number of amides is 1. The molecule has 6 heteroatoms. The lowest BCUT2D eigenvalue weighted by atomic mass is 10.0. The minimum absolute atomic E-state index is 0.176. The number of carbonyl (C=O) groups excluding carboxylic acids is 1. The van der Waals surface area contributed by atoms with Gasteiger partial charge in [0.1, 0.15) is 0 Å². The van der Waals surface area contributed by atoms with E-state index in [-0.39, 0.29) is 5.91 Å². The zero-order valence-corrected chi connectivity index (χ0v) is 30.1. The lowest BCUT2D eigenvalue weighted by Gasteiger charge is -2.07. The molecule has 0 aliphatic carbocycles. The van der Waals surface area contributed by atoms with Crippen molar-refractivity contribution in [1.82, 2.24) is 5.32 Å². The monoisotopic (exact) mass is 630 g/mol. The highest BCUT2D eigenvalue weighted by Gasteiger charge is 2.08. The molecule has 0 rings (SSSR count). The van der Waals surface area contributed by atoms with E-state index in [9.17, 15) is 9.36 Å². The van der Waals surface area contributed by atoms with Crippen LogP contribution in [0.2, 0.25) is 0 Å². The van der Waals surface area contributed by atoms with Gasteiger partial charge < -0.3 is 14.7 Å². The fourth-order valence-electron chi connectivity index (χ4n) is 5.91. The molecule has 43 heavy (non-hydrogen) atoms. The lowest BCUT2D eigenvalue weighted by Crippen LogP contribution is -2.23. The molecule has 0 aromatic rings. The topological polar surface area (TPSA) is 75.6 Å². The fourth-order valence-corrected chi connectivity index (χ4v) is 6.38. The van der Waals surface area contributed by atoms with Gasteiger partial charge in [0, 0.05) is 19.6 Å². The van der Waals surface area contributed by atoms with Crippen molar-refractivity contribution in [2.45, 2.75) is 212 Å². The molecule has 0 aromatic carbocycles. The Kier molecular flexibility index (Phi) is 34.2. The minimum Gasteiger partial charge on any atom is -0.356 e. The maximum atomic E-state index is 11.9. The number of hydrogen-bond donors (Lipinski definition) is 2. The highest BCUT2D eigenvalue weighted by atomic mass is 31.2. The molecule has 0 saturated carbocycles. The van der Waals surface area contributed by atoms with Crippen molar-refractivity contribution in [3.05, 3.63) is 0 Å². The fraction of sp³-hybridized carbons (Fsp3) is 0.973. The van der Waals surface area contributed by atoms with Crippen LogP contribution in [0.1, 0.15) is 212 Å². The van der Waals surface area contributed by atoms with Gasteiger partial charge in [-0.1, -0.05) is 187 Å². The Labute approximate surface area is 269 Å². The Bertz CT molecular complexity index is 609. The largest absolute Gasteiger partial charge is 0.356 e. The van der Waals surface area contributed by atoms with Gasteiger partial charge in [-0.25, -0.2) is 0 Å². The summed E-state index contributed by atoms with van der Waals surface area (Å²) >= 11 is 0. The van der Waals surface area contributed by atoms with E-state index >= 15 is 0 Å². The normalized spacial score (nSPS) is 12.9. The van der Waals surface area contributed by atoms with Gasteiger partial charge in [-0.05, 0) is 19.3 Å². The third-order valence-corrected chi connectivity index (χ3v) is 9.39. The van der Waals surface area contributed by atoms with Crippen LogP contribution in [0.3, 0.4) is 0 Å². The number of unbranched alkanes of at least 4 members (excludes halogenated alkanes) is 29. The number of carbonyl (C=O) groups is 1. The first-order valence-electron chi connectivity index (χ1n) is 19.2. The summed E-state index contributed by atoms with van der Waals surface area (Å²) in [5, 5.41) is 3.01. The standard InChI is InChI=1S/C37H76NO4P/c1-3-4-5-6-7-8-9-10-11-12-13-14-15-16-17-18-19-20-21-22-23-24-25-26-27-28-31-34-37(39)38-35-32-29-30-33-36-42-43(2,40)41/h3-36H2,1-2H3,(H,38,39)(H,40,41). The van der Waals surface area contributed by atoms with Gasteiger partial charge in [0.25, 0.3) is 0 Å². The molecule has 1 amide bonds. The van der Waals surface area contributed by atoms with Crippen LogP contribution in [0.4, 0.5) is 0 Å². The minimum atomic E-state index is -3.34. The first-order chi connectivity index (χ1) is 21.0. The molecule has 0 radical (unpaired) electrons. The van der Waals surface area contributed by atoms with Gasteiger partial charge in [-0.3, -0.25) is 9.36 Å². The summed E-state index contributed by atoms with van der Waals surface area (Å²) < 4.78 is 15.9. The Morgan fingerprint density at radius 1 is 0.512 bits per heavy atom. The van der Waals surface area contributed by atoms with Crippen LogP contribution in [0, 0.1) is 0 Å². The van der Waals surface area contributed by atoms with Crippen LogP contribution in [0.25, 0.3) is 0 Å². The summed E-state index contributed by atoms with van der Waals surface area (Å²) in [5.74, 6) is 0.176. The highest BCUT2D eigenvalue weighted by Crippen LogP contribution is 2.36. The van der Waals surface area contributed by atoms with E-state index in [1.807, 2.05) is 0 Å². The van der Waals surface area contributed by atoms with Gasteiger partial charge in [0.15, 0.2) is 0 Å². The smallest absolute Gasteiger partial charge is 0.325 e. The Morgan fingerprint density at radius 2 is 0.814 bits per heavy atom. The second kappa shape index (κ2) is 34.5. The van der Waals surface area contributed by atoms with E-state index in [0.717, 1.165) is 38.6 Å². The number of nitrogens with one attached hydrogen (secondary N) is 1. The Balaban J connectivity index is 3.14. The molecule has 0 spiro atoms. The average Bonchev–Trinajstić information content (AvgIpc) is 2.97. The zero-order valence-electron chi connectivity index (χ0n) is 29.2. The van der Waals surface area contributed by atoms with Gasteiger partial charge in [0.2, 0.25) is 5.91 Å². The van der Waals surface area contributed by atoms with E-state index in [1.165, 1.54) is 174 Å². The Morgan fingerprint density at radius 3 is 1.16 bits per heavy atom. The van der Waals surface area contributed by atoms with Crippen LogP contribution >= 0.6 is 7.60 Å². The van der Waals surface area contributed by atoms with Gasteiger partial charge >= 0.3 is 7.60 Å². The zero-order chi connectivity index (χ0) is 31.5. The summed E-state index contributed by atoms with van der Waals surface area (Å²) in [5.41, 5.74) is 0. The van der Waals surface area contributed by atoms with Crippen LogP contribution in [0.5, 0.6) is 0 Å². The first kappa shape index (κ1) is 42.6. The second-order valence-electron chi connectivity index (χ2n) is 13.3. The van der Waals surface area contributed by atoms with Crippen molar-refractivity contribution < 1.29 is 18.8 Å². The average molecular weight is 630 g/mol. The molecule has 1 atom stereocenters. The predicted octanol–water partition coefficient (Wildman–Crippen LogP) is 12.4. The van der Waals surface area contributed by atoms with E-state index in [1.54, 1.807) is 0 Å². The summed E-state index contributed by atoms with van der Waals surface area (Å²) in [7, 11) is -3.34. The van der Waals surface area contributed by atoms with Crippen LogP contribution in [-0.2, 0) is 13.9 Å². The Hall–Kier alpha value is -0.380. The predicted molar refractivity (Wildman–Crippen MR) is 188 cm³/mol. The quantitative estimate of drug-likeness (QED) is 0.0534. The molecule has 0 saturated heterocycles. The molecule has 0 aliphatic rings. The lowest BCUT2D eigenvalue weighted by molar-refractivity contribution is -0.121. The molecule has 1 unspecified atom stereocenters. The maximum absolute atomic E-state index is 11.9. The maximum Gasteiger partial charge on any atom is 0.325 e. The van der Waals surface area contributed by atoms with Gasteiger partial charge in [0.05, 0.1) is 6.61 Å². The number of rotatable bonds is 36. The van der Waals surface area contributed by atoms with Crippen LogP contribution in [0.15, 0.2) is 0 Å². The second-order valence-corrected chi connectivity index (χ2v) is 15.2. The molecule has 0 aromatic heterocycles. The molecule has 0 heterocycles. The molecule has 0 fully saturated rings. The van der Waals surface area contributed by atoms with E-state index in [2.05, 4.69) is 12.2 Å². The summed E-state index contributed by atoms with van der Waals surface area (Å²) in [4.78, 5) is 21.0. The first-order valence-corrected chi connectivity index (χ1v) is 21.2. The number of hydrogen-bond acceptors (Lipinski definition) is 3. The third kappa shape index (κ3) is 39.6. The molecule has 2 N–H and O–H groups in total. The van der Waals surface area contributed by atoms with E-state index in [4.69, 9.17) is 9.42 Å². The van der Waals surface area contributed by atoms with E-state index < -0.39 is 7.60 Å². The third-order valence-electron chi connectivity index (χ3n) is 8.73.